The molecule has 2 bridgehead atoms. The molecule has 29 heavy (non-hydrogen) atoms. The Balaban J connectivity index is 1.60. The Bertz CT molecular complexity index is 728. The van der Waals surface area contributed by atoms with Crippen molar-refractivity contribution in [2.45, 2.75) is 97.7 Å². The molecule has 0 spiro atoms. The smallest absolute Gasteiger partial charge is 0.161 e. The van der Waals surface area contributed by atoms with E-state index in [0.717, 1.165) is 48.5 Å². The topological polar surface area (TPSA) is 25.2 Å². The lowest BCUT2D eigenvalue weighted by Gasteiger charge is -2.39. The van der Waals surface area contributed by atoms with E-state index in [9.17, 15) is 4.79 Å². The van der Waals surface area contributed by atoms with E-state index in [1.165, 1.54) is 50.8 Å². The first-order valence-electron chi connectivity index (χ1n) is 11.8. The summed E-state index contributed by atoms with van der Waals surface area (Å²) in [6.45, 7) is 10.5. The molecule has 0 radical (unpaired) electrons. The van der Waals surface area contributed by atoms with Gasteiger partial charge >= 0.3 is 0 Å². The number of ketones is 1. The lowest BCUT2D eigenvalue weighted by atomic mass is 9.87. The molecule has 3 heterocycles. The van der Waals surface area contributed by atoms with Gasteiger partial charge in [-0.1, -0.05) is 51.0 Å². The summed E-state index contributed by atoms with van der Waals surface area (Å²) in [5.41, 5.74) is 3.14. The molecule has 2 aliphatic rings. The second kappa shape index (κ2) is 10.4. The highest BCUT2D eigenvalue weighted by Gasteiger charge is 2.39. The lowest BCUT2D eigenvalue weighted by Crippen LogP contribution is -2.43. The van der Waals surface area contributed by atoms with Gasteiger partial charge in [0.05, 0.1) is 0 Å². The monoisotopic (exact) mass is 396 g/mol. The van der Waals surface area contributed by atoms with Crippen molar-refractivity contribution in [1.82, 2.24) is 9.47 Å². The SMILES string of the molecule is CC/C=C\C=C/c1c(C(C)=O)cn(CCCN2C3CCC2CC(CCC)C3)c1C. The number of nitrogens with zero attached hydrogens (tertiary/aromatic N) is 2. The van der Waals surface area contributed by atoms with Crippen molar-refractivity contribution in [3.63, 3.8) is 0 Å². The van der Waals surface area contributed by atoms with E-state index in [1.54, 1.807) is 6.92 Å². The Morgan fingerprint density at radius 1 is 1.14 bits per heavy atom. The molecular weight excluding hydrogens is 356 g/mol. The lowest BCUT2D eigenvalue weighted by molar-refractivity contribution is 0.0973. The number of carbonyl (C=O) groups is 1. The van der Waals surface area contributed by atoms with Gasteiger partial charge in [0.15, 0.2) is 5.78 Å². The van der Waals surface area contributed by atoms with Crippen LogP contribution in [0, 0.1) is 12.8 Å². The predicted octanol–water partition coefficient (Wildman–Crippen LogP) is 6.41. The van der Waals surface area contributed by atoms with Gasteiger partial charge in [-0.3, -0.25) is 9.69 Å². The number of fused-ring (bicyclic) bond motifs is 2. The van der Waals surface area contributed by atoms with Gasteiger partial charge in [0.25, 0.3) is 0 Å². The number of allylic oxidation sites excluding steroid dienone is 3. The van der Waals surface area contributed by atoms with Gasteiger partial charge in [-0.25, -0.2) is 0 Å². The van der Waals surface area contributed by atoms with Crippen molar-refractivity contribution in [3.8, 4) is 0 Å². The van der Waals surface area contributed by atoms with Crippen molar-refractivity contribution in [1.29, 1.82) is 0 Å². The average molecular weight is 397 g/mol. The molecule has 2 aliphatic heterocycles. The molecule has 3 nitrogen and oxygen atoms in total. The minimum absolute atomic E-state index is 0.155. The molecule has 2 atom stereocenters. The number of hydrogen-bond donors (Lipinski definition) is 0. The molecule has 0 N–H and O–H groups in total. The Kier molecular flexibility index (Phi) is 7.94. The van der Waals surface area contributed by atoms with E-state index in [4.69, 9.17) is 0 Å². The molecule has 2 fully saturated rings. The van der Waals surface area contributed by atoms with Crippen LogP contribution in [0.25, 0.3) is 6.08 Å². The molecular formula is C26H40N2O. The quantitative estimate of drug-likeness (QED) is 0.337. The van der Waals surface area contributed by atoms with Crippen LogP contribution in [0.1, 0.15) is 93.8 Å². The van der Waals surface area contributed by atoms with Gasteiger partial charge in [-0.05, 0) is 58.3 Å². The van der Waals surface area contributed by atoms with Gasteiger partial charge in [0, 0.05) is 48.2 Å². The Labute approximate surface area is 177 Å². The van der Waals surface area contributed by atoms with E-state index in [1.807, 2.05) is 0 Å². The summed E-state index contributed by atoms with van der Waals surface area (Å²) in [5, 5.41) is 0. The van der Waals surface area contributed by atoms with Crippen LogP contribution in [0.4, 0.5) is 0 Å². The number of aryl methyl sites for hydroxylation is 1. The minimum Gasteiger partial charge on any atom is -0.350 e. The highest BCUT2D eigenvalue weighted by atomic mass is 16.1. The molecule has 1 aromatic rings. The first kappa shape index (κ1) is 22.1. The van der Waals surface area contributed by atoms with Gasteiger partial charge < -0.3 is 4.57 Å². The van der Waals surface area contributed by atoms with Crippen LogP contribution >= 0.6 is 0 Å². The van der Waals surface area contributed by atoms with Crippen molar-refractivity contribution >= 4 is 11.9 Å². The van der Waals surface area contributed by atoms with E-state index < -0.39 is 0 Å². The number of carbonyl (C=O) groups excluding carboxylic acids is 1. The summed E-state index contributed by atoms with van der Waals surface area (Å²) in [4.78, 5) is 15.0. The molecule has 2 saturated heterocycles. The molecule has 0 amide bonds. The maximum atomic E-state index is 12.1. The van der Waals surface area contributed by atoms with Gasteiger partial charge in [0.1, 0.15) is 0 Å². The summed E-state index contributed by atoms with van der Waals surface area (Å²) in [6.07, 6.45) is 21.0. The van der Waals surface area contributed by atoms with E-state index in [0.29, 0.717) is 0 Å². The zero-order valence-electron chi connectivity index (χ0n) is 19.0. The maximum absolute atomic E-state index is 12.1. The zero-order valence-corrected chi connectivity index (χ0v) is 19.0. The molecule has 3 rings (SSSR count). The van der Waals surface area contributed by atoms with Crippen LogP contribution in [0.3, 0.4) is 0 Å². The summed E-state index contributed by atoms with van der Waals surface area (Å²) in [7, 11) is 0. The first-order chi connectivity index (χ1) is 14.0. The van der Waals surface area contributed by atoms with Crippen LogP contribution in [0.5, 0.6) is 0 Å². The summed E-state index contributed by atoms with van der Waals surface area (Å²) < 4.78 is 2.30. The van der Waals surface area contributed by atoms with Crippen LogP contribution in [-0.4, -0.2) is 33.9 Å². The van der Waals surface area contributed by atoms with Gasteiger partial charge in [0.2, 0.25) is 0 Å². The first-order valence-corrected chi connectivity index (χ1v) is 11.8. The Hall–Kier alpha value is -1.61. The molecule has 0 aromatic carbocycles. The molecule has 2 unspecified atom stereocenters. The van der Waals surface area contributed by atoms with Crippen LogP contribution in [-0.2, 0) is 6.54 Å². The third kappa shape index (κ3) is 5.31. The van der Waals surface area contributed by atoms with Crippen molar-refractivity contribution in [3.05, 3.63) is 41.2 Å². The number of rotatable bonds is 10. The number of aromatic nitrogens is 1. The Morgan fingerprint density at radius 3 is 2.48 bits per heavy atom. The van der Waals surface area contributed by atoms with Crippen molar-refractivity contribution in [2.75, 3.05) is 6.54 Å². The maximum Gasteiger partial charge on any atom is 0.161 e. The van der Waals surface area contributed by atoms with E-state index in [-0.39, 0.29) is 5.78 Å². The highest BCUT2D eigenvalue weighted by molar-refractivity contribution is 5.98. The second-order valence-electron chi connectivity index (χ2n) is 9.09. The zero-order chi connectivity index (χ0) is 20.8. The summed E-state index contributed by atoms with van der Waals surface area (Å²) in [6, 6.07) is 1.65. The fraction of sp³-hybridized carbons (Fsp3) is 0.654. The van der Waals surface area contributed by atoms with Crippen molar-refractivity contribution < 1.29 is 4.79 Å². The van der Waals surface area contributed by atoms with Crippen LogP contribution < -0.4 is 0 Å². The second-order valence-corrected chi connectivity index (χ2v) is 9.09. The fourth-order valence-corrected chi connectivity index (χ4v) is 5.58. The third-order valence-corrected chi connectivity index (χ3v) is 7.02. The highest BCUT2D eigenvalue weighted by Crippen LogP contribution is 2.40. The summed E-state index contributed by atoms with van der Waals surface area (Å²) in [5.74, 6) is 1.12. The van der Waals surface area contributed by atoms with Gasteiger partial charge in [-0.2, -0.15) is 0 Å². The Morgan fingerprint density at radius 2 is 1.86 bits per heavy atom. The molecule has 0 aliphatic carbocycles. The van der Waals surface area contributed by atoms with Crippen LogP contribution in [0.15, 0.2) is 24.4 Å². The van der Waals surface area contributed by atoms with E-state index >= 15 is 0 Å². The number of Topliss-reactive ketones (excluding diaryl/α,β-unsaturated/α-hetero) is 1. The average Bonchev–Trinajstić information content (AvgIpc) is 3.12. The van der Waals surface area contributed by atoms with Gasteiger partial charge in [-0.15, -0.1) is 0 Å². The van der Waals surface area contributed by atoms with E-state index in [2.05, 4.69) is 60.7 Å². The number of piperidine rings is 1. The minimum atomic E-state index is 0.155. The van der Waals surface area contributed by atoms with Crippen molar-refractivity contribution in [2.24, 2.45) is 5.92 Å². The fourth-order valence-electron chi connectivity index (χ4n) is 5.58. The number of hydrogen-bond acceptors (Lipinski definition) is 2. The third-order valence-electron chi connectivity index (χ3n) is 7.02. The molecule has 3 heteroatoms. The molecule has 1 aromatic heterocycles. The molecule has 0 saturated carbocycles. The predicted molar refractivity (Wildman–Crippen MR) is 123 cm³/mol. The summed E-state index contributed by atoms with van der Waals surface area (Å²) >= 11 is 0. The van der Waals surface area contributed by atoms with Crippen LogP contribution in [0.2, 0.25) is 0 Å². The normalized spacial score (nSPS) is 24.9. The molecule has 160 valence electrons. The standard InChI is InChI=1S/C26H40N2O/c1-5-7-8-9-12-25-20(3)27(19-26(25)21(4)29)15-10-16-28-23-13-14-24(28)18-22(17-23)11-6-2/h7-9,12,19,22-24H,5-6,10-11,13-18H2,1-4H3/b8-7-,12-9-. The largest absolute Gasteiger partial charge is 0.350 e.